The normalized spacial score (nSPS) is 10.9. The standard InChI is InChI=1S/C11H13ClN2O4S2/c1-2-18-10(15)6-20(16,17)14-9-5-7(12)3-4-8(9)11(13)19/h3-5,14H,2,6H2,1H3,(H2,13,19). The van der Waals surface area contributed by atoms with Gasteiger partial charge in [-0.1, -0.05) is 23.8 Å². The second kappa shape index (κ2) is 6.87. The smallest absolute Gasteiger partial charge is 0.323 e. The zero-order valence-electron chi connectivity index (χ0n) is 10.6. The molecule has 0 saturated carbocycles. The lowest BCUT2D eigenvalue weighted by atomic mass is 10.2. The Labute approximate surface area is 127 Å². The highest BCUT2D eigenvalue weighted by molar-refractivity contribution is 7.93. The quantitative estimate of drug-likeness (QED) is 0.599. The predicted molar refractivity (Wildman–Crippen MR) is 81.4 cm³/mol. The molecule has 0 aliphatic rings. The third-order valence-electron chi connectivity index (χ3n) is 2.13. The van der Waals surface area contributed by atoms with Crippen LogP contribution in [0.2, 0.25) is 5.02 Å². The molecule has 0 amide bonds. The molecule has 0 fully saturated rings. The third-order valence-corrected chi connectivity index (χ3v) is 3.73. The van der Waals surface area contributed by atoms with Crippen LogP contribution in [0, 0.1) is 0 Å². The molecule has 0 bridgehead atoms. The first-order valence-corrected chi connectivity index (χ1v) is 7.94. The SMILES string of the molecule is CCOC(=O)CS(=O)(=O)Nc1cc(Cl)ccc1C(N)=S. The molecule has 1 rings (SSSR count). The van der Waals surface area contributed by atoms with Crippen LogP contribution in [0.5, 0.6) is 0 Å². The monoisotopic (exact) mass is 336 g/mol. The van der Waals surface area contributed by atoms with Gasteiger partial charge in [-0.05, 0) is 25.1 Å². The van der Waals surface area contributed by atoms with E-state index >= 15 is 0 Å². The maximum Gasteiger partial charge on any atom is 0.323 e. The number of carbonyl (C=O) groups excluding carboxylic acids is 1. The van der Waals surface area contributed by atoms with Gasteiger partial charge in [0.15, 0.2) is 5.75 Å². The molecular formula is C11H13ClN2O4S2. The molecule has 0 radical (unpaired) electrons. The molecule has 0 unspecified atom stereocenters. The van der Waals surface area contributed by atoms with Crippen LogP contribution in [0.3, 0.4) is 0 Å². The van der Waals surface area contributed by atoms with Gasteiger partial charge in [0.25, 0.3) is 0 Å². The molecule has 20 heavy (non-hydrogen) atoms. The number of benzene rings is 1. The van der Waals surface area contributed by atoms with Crippen LogP contribution in [0.15, 0.2) is 18.2 Å². The van der Waals surface area contributed by atoms with Crippen molar-refractivity contribution < 1.29 is 17.9 Å². The minimum atomic E-state index is -3.93. The van der Waals surface area contributed by atoms with Crippen molar-refractivity contribution in [3.63, 3.8) is 0 Å². The van der Waals surface area contributed by atoms with Gasteiger partial charge in [0.1, 0.15) is 4.99 Å². The third kappa shape index (κ3) is 4.95. The molecular weight excluding hydrogens is 324 g/mol. The summed E-state index contributed by atoms with van der Waals surface area (Å²) in [5.41, 5.74) is 5.93. The van der Waals surface area contributed by atoms with Crippen LogP contribution < -0.4 is 10.5 Å². The lowest BCUT2D eigenvalue weighted by Crippen LogP contribution is -2.25. The number of rotatable bonds is 6. The van der Waals surface area contributed by atoms with Crippen LogP contribution in [-0.4, -0.2) is 31.7 Å². The fourth-order valence-corrected chi connectivity index (χ4v) is 2.70. The molecule has 6 nitrogen and oxygen atoms in total. The number of carbonyl (C=O) groups is 1. The molecule has 1 aromatic rings. The van der Waals surface area contributed by atoms with Gasteiger partial charge in [-0.15, -0.1) is 0 Å². The Morgan fingerprint density at radius 1 is 1.50 bits per heavy atom. The van der Waals surface area contributed by atoms with Crippen LogP contribution in [0.25, 0.3) is 0 Å². The molecule has 0 spiro atoms. The van der Waals surface area contributed by atoms with Gasteiger partial charge in [-0.2, -0.15) is 0 Å². The van der Waals surface area contributed by atoms with Crippen LogP contribution in [-0.2, 0) is 19.6 Å². The molecule has 0 aromatic heterocycles. The van der Waals surface area contributed by atoms with E-state index in [-0.39, 0.29) is 17.3 Å². The maximum absolute atomic E-state index is 11.8. The van der Waals surface area contributed by atoms with Crippen LogP contribution in [0.1, 0.15) is 12.5 Å². The average molecular weight is 337 g/mol. The van der Waals surface area contributed by atoms with E-state index in [9.17, 15) is 13.2 Å². The number of nitrogens with one attached hydrogen (secondary N) is 1. The molecule has 110 valence electrons. The first-order chi connectivity index (χ1) is 9.25. The van der Waals surface area contributed by atoms with Crippen molar-refractivity contribution in [2.75, 3.05) is 17.1 Å². The number of ether oxygens (including phenoxy) is 1. The van der Waals surface area contributed by atoms with Crippen molar-refractivity contribution in [3.05, 3.63) is 28.8 Å². The maximum atomic E-state index is 11.8. The minimum absolute atomic E-state index is 0.00972. The van der Waals surface area contributed by atoms with Crippen molar-refractivity contribution in [2.45, 2.75) is 6.92 Å². The number of halogens is 1. The Bertz CT molecular complexity index is 631. The highest BCUT2D eigenvalue weighted by Gasteiger charge is 2.19. The summed E-state index contributed by atoms with van der Waals surface area (Å²) >= 11 is 10.6. The summed E-state index contributed by atoms with van der Waals surface area (Å²) in [4.78, 5) is 11.2. The zero-order valence-corrected chi connectivity index (χ0v) is 12.9. The van der Waals surface area contributed by atoms with E-state index < -0.39 is 21.7 Å². The first kappa shape index (κ1) is 16.7. The van der Waals surface area contributed by atoms with Gasteiger partial charge >= 0.3 is 5.97 Å². The summed E-state index contributed by atoms with van der Waals surface area (Å²) in [7, 11) is -3.93. The van der Waals surface area contributed by atoms with Gasteiger partial charge < -0.3 is 10.5 Å². The van der Waals surface area contributed by atoms with Crippen molar-refractivity contribution in [2.24, 2.45) is 5.73 Å². The summed E-state index contributed by atoms with van der Waals surface area (Å²) in [5.74, 6) is -1.65. The van der Waals surface area contributed by atoms with Crippen molar-refractivity contribution in [1.82, 2.24) is 0 Å². The Morgan fingerprint density at radius 3 is 2.70 bits per heavy atom. The molecule has 1 aromatic carbocycles. The van der Waals surface area contributed by atoms with E-state index in [1.807, 2.05) is 0 Å². The average Bonchev–Trinajstić information content (AvgIpc) is 2.26. The molecule has 9 heteroatoms. The number of hydrogen-bond acceptors (Lipinski definition) is 5. The highest BCUT2D eigenvalue weighted by Crippen LogP contribution is 2.22. The number of thiocarbonyl (C=S) groups is 1. The van der Waals surface area contributed by atoms with Gasteiger partial charge in [0.05, 0.1) is 12.3 Å². The fourth-order valence-electron chi connectivity index (χ4n) is 1.38. The molecule has 0 heterocycles. The van der Waals surface area contributed by atoms with Gasteiger partial charge in [-0.3, -0.25) is 9.52 Å². The summed E-state index contributed by atoms with van der Waals surface area (Å²) in [6.45, 7) is 1.68. The zero-order chi connectivity index (χ0) is 15.3. The lowest BCUT2D eigenvalue weighted by Gasteiger charge is -2.12. The largest absolute Gasteiger partial charge is 0.465 e. The van der Waals surface area contributed by atoms with E-state index in [1.54, 1.807) is 6.92 Å². The summed E-state index contributed by atoms with van der Waals surface area (Å²) < 4.78 is 30.5. The summed E-state index contributed by atoms with van der Waals surface area (Å²) in [6.07, 6.45) is 0. The Hall–Kier alpha value is -1.38. The number of nitrogens with two attached hydrogens (primary N) is 1. The second-order valence-electron chi connectivity index (χ2n) is 3.72. The number of hydrogen-bond donors (Lipinski definition) is 2. The predicted octanol–water partition coefficient (Wildman–Crippen LogP) is 1.28. The molecule has 0 atom stereocenters. The van der Waals surface area contributed by atoms with Crippen molar-refractivity contribution in [3.8, 4) is 0 Å². The van der Waals surface area contributed by atoms with Gasteiger partial charge in [0.2, 0.25) is 10.0 Å². The molecule has 0 saturated heterocycles. The Kier molecular flexibility index (Phi) is 5.73. The second-order valence-corrected chi connectivity index (χ2v) is 6.32. The first-order valence-electron chi connectivity index (χ1n) is 5.50. The summed E-state index contributed by atoms with van der Waals surface area (Å²) in [5, 5.41) is 0.304. The van der Waals surface area contributed by atoms with Gasteiger partial charge in [0, 0.05) is 10.6 Å². The fraction of sp³-hybridized carbons (Fsp3) is 0.273. The van der Waals surface area contributed by atoms with Crippen molar-refractivity contribution >= 4 is 50.5 Å². The van der Waals surface area contributed by atoms with Gasteiger partial charge in [-0.25, -0.2) is 8.42 Å². The molecule has 0 aliphatic carbocycles. The topological polar surface area (TPSA) is 98.5 Å². The molecule has 0 aliphatic heterocycles. The van der Waals surface area contributed by atoms with E-state index in [2.05, 4.69) is 9.46 Å². The lowest BCUT2D eigenvalue weighted by molar-refractivity contribution is -0.139. The summed E-state index contributed by atoms with van der Waals surface area (Å²) in [6, 6.07) is 4.38. The van der Waals surface area contributed by atoms with E-state index in [4.69, 9.17) is 29.6 Å². The van der Waals surface area contributed by atoms with Crippen LogP contribution in [0.4, 0.5) is 5.69 Å². The number of sulfonamides is 1. The Morgan fingerprint density at radius 2 is 2.15 bits per heavy atom. The minimum Gasteiger partial charge on any atom is -0.465 e. The van der Waals surface area contributed by atoms with Crippen molar-refractivity contribution in [1.29, 1.82) is 0 Å². The highest BCUT2D eigenvalue weighted by atomic mass is 35.5. The van der Waals surface area contributed by atoms with E-state index in [0.29, 0.717) is 10.6 Å². The Balaban J connectivity index is 3.00. The number of anilines is 1. The molecule has 3 N–H and O–H groups in total. The van der Waals surface area contributed by atoms with E-state index in [0.717, 1.165) is 0 Å². The van der Waals surface area contributed by atoms with Crippen LogP contribution >= 0.6 is 23.8 Å². The van der Waals surface area contributed by atoms with E-state index in [1.165, 1.54) is 18.2 Å². The number of esters is 1.